The molecule has 18 heavy (non-hydrogen) atoms. The second kappa shape index (κ2) is 4.83. The number of carbonyl (C=O) groups excluding carboxylic acids is 1. The minimum Gasteiger partial charge on any atom is -0.495 e. The zero-order valence-corrected chi connectivity index (χ0v) is 10.1. The molecule has 0 unspecified atom stereocenters. The van der Waals surface area contributed by atoms with Gasteiger partial charge in [0.05, 0.1) is 19.3 Å². The smallest absolute Gasteiger partial charge is 0.271 e. The molecule has 0 radical (unpaired) electrons. The molecule has 5 nitrogen and oxygen atoms in total. The Bertz CT molecular complexity index is 535. The summed E-state index contributed by atoms with van der Waals surface area (Å²) in [6.07, 6.45) is 1.69. The van der Waals surface area contributed by atoms with Gasteiger partial charge < -0.3 is 21.1 Å². The van der Waals surface area contributed by atoms with Crippen LogP contribution in [0.5, 0.6) is 5.75 Å². The van der Waals surface area contributed by atoms with E-state index in [1.165, 1.54) is 0 Å². The molecule has 0 aliphatic carbocycles. The van der Waals surface area contributed by atoms with Crippen molar-refractivity contribution in [3.8, 4) is 5.75 Å². The lowest BCUT2D eigenvalue weighted by molar-refractivity contribution is -0.117. The third-order valence-electron chi connectivity index (χ3n) is 2.65. The molecule has 5 heteroatoms. The number of hydrogen-bond acceptors (Lipinski definition) is 4. The minimum atomic E-state index is -0.214. The lowest BCUT2D eigenvalue weighted by Crippen LogP contribution is -2.40. The molecule has 1 aliphatic rings. The lowest BCUT2D eigenvalue weighted by Gasteiger charge is -2.19. The van der Waals surface area contributed by atoms with Crippen LogP contribution >= 0.6 is 0 Å². The van der Waals surface area contributed by atoms with Gasteiger partial charge in [0.25, 0.3) is 5.91 Å². The predicted octanol–water partition coefficient (Wildman–Crippen LogP) is 0.851. The monoisotopic (exact) mass is 245 g/mol. The Balaban J connectivity index is 2.33. The number of carbonyl (C=O) groups is 1. The molecule has 4 N–H and O–H groups in total. The van der Waals surface area contributed by atoms with Crippen molar-refractivity contribution in [3.63, 3.8) is 0 Å². The first-order valence-electron chi connectivity index (χ1n) is 5.49. The molecular formula is C13H15N3O2. The highest BCUT2D eigenvalue weighted by Crippen LogP contribution is 2.26. The minimum absolute atomic E-state index is 0.214. The fraction of sp³-hybridized carbons (Fsp3) is 0.154. The number of methoxy groups -OCH3 is 1. The standard InChI is InChI=1S/C13H15N3O2/c1-8-7-15-10(13(17)16-8)6-9-4-3-5-11(18-2)12(9)14/h3-6,15H,1,7,14H2,2H3,(H,16,17)/b10-6-. The molecule has 2 rings (SSSR count). The SMILES string of the molecule is C=C1CN/C(=C\c2cccc(OC)c2N)C(=O)N1. The second-order valence-electron chi connectivity index (χ2n) is 3.93. The van der Waals surface area contributed by atoms with E-state index in [9.17, 15) is 4.79 Å². The van der Waals surface area contributed by atoms with E-state index in [1.807, 2.05) is 12.1 Å². The number of para-hydroxylation sites is 1. The van der Waals surface area contributed by atoms with Crippen molar-refractivity contribution < 1.29 is 9.53 Å². The first-order valence-corrected chi connectivity index (χ1v) is 5.49. The van der Waals surface area contributed by atoms with Gasteiger partial charge >= 0.3 is 0 Å². The van der Waals surface area contributed by atoms with Crippen molar-refractivity contribution in [3.05, 3.63) is 41.7 Å². The maximum Gasteiger partial charge on any atom is 0.271 e. The molecule has 1 amide bonds. The van der Waals surface area contributed by atoms with Crippen LogP contribution in [0.3, 0.4) is 0 Å². The number of amides is 1. The van der Waals surface area contributed by atoms with Gasteiger partial charge in [-0.1, -0.05) is 18.7 Å². The first-order chi connectivity index (χ1) is 8.61. The molecule has 94 valence electrons. The van der Waals surface area contributed by atoms with Crippen LogP contribution in [0.25, 0.3) is 6.08 Å². The molecule has 1 aromatic carbocycles. The summed E-state index contributed by atoms with van der Waals surface area (Å²) in [5, 5.41) is 5.65. The van der Waals surface area contributed by atoms with Gasteiger partial charge in [0.15, 0.2) is 0 Å². The molecule has 0 saturated carbocycles. The molecular weight excluding hydrogens is 230 g/mol. The van der Waals surface area contributed by atoms with E-state index in [0.717, 1.165) is 5.56 Å². The van der Waals surface area contributed by atoms with Crippen LogP contribution in [0, 0.1) is 0 Å². The van der Waals surface area contributed by atoms with Gasteiger partial charge in [-0.2, -0.15) is 0 Å². The van der Waals surface area contributed by atoms with Gasteiger partial charge in [-0.15, -0.1) is 0 Å². The van der Waals surface area contributed by atoms with Crippen molar-refractivity contribution in [1.29, 1.82) is 0 Å². The molecule has 1 heterocycles. The zero-order valence-electron chi connectivity index (χ0n) is 10.1. The number of ether oxygens (including phenoxy) is 1. The Morgan fingerprint density at radius 2 is 2.28 bits per heavy atom. The van der Waals surface area contributed by atoms with E-state index in [2.05, 4.69) is 17.2 Å². The largest absolute Gasteiger partial charge is 0.495 e. The van der Waals surface area contributed by atoms with E-state index in [1.54, 1.807) is 19.3 Å². The first kappa shape index (κ1) is 12.0. The molecule has 0 spiro atoms. The summed E-state index contributed by atoms with van der Waals surface area (Å²) in [5.74, 6) is 0.374. The van der Waals surface area contributed by atoms with Crippen molar-refractivity contribution >= 4 is 17.7 Å². The van der Waals surface area contributed by atoms with Crippen LogP contribution in [0.15, 0.2) is 36.2 Å². The Labute approximate surface area is 105 Å². The molecule has 1 aromatic rings. The summed E-state index contributed by atoms with van der Waals surface area (Å²) in [7, 11) is 1.55. The van der Waals surface area contributed by atoms with E-state index in [4.69, 9.17) is 10.5 Å². The van der Waals surface area contributed by atoms with Crippen molar-refractivity contribution in [2.24, 2.45) is 0 Å². The van der Waals surface area contributed by atoms with Crippen LogP contribution in [0.1, 0.15) is 5.56 Å². The summed E-state index contributed by atoms with van der Waals surface area (Å²) >= 11 is 0. The number of anilines is 1. The van der Waals surface area contributed by atoms with E-state index < -0.39 is 0 Å². The van der Waals surface area contributed by atoms with Crippen molar-refractivity contribution in [2.45, 2.75) is 0 Å². The van der Waals surface area contributed by atoms with E-state index in [-0.39, 0.29) is 5.91 Å². The normalized spacial score (nSPS) is 17.3. The maximum absolute atomic E-state index is 11.7. The van der Waals surface area contributed by atoms with Gasteiger partial charge in [-0.05, 0) is 12.1 Å². The van der Waals surface area contributed by atoms with Crippen LogP contribution in [0.4, 0.5) is 5.69 Å². The Morgan fingerprint density at radius 1 is 1.50 bits per heavy atom. The second-order valence-corrected chi connectivity index (χ2v) is 3.93. The summed E-state index contributed by atoms with van der Waals surface area (Å²) in [4.78, 5) is 11.7. The molecule has 0 atom stereocenters. The fourth-order valence-corrected chi connectivity index (χ4v) is 1.69. The summed E-state index contributed by atoms with van der Waals surface area (Å²) in [6, 6.07) is 5.41. The van der Waals surface area contributed by atoms with Gasteiger partial charge in [-0.3, -0.25) is 4.79 Å². The summed E-state index contributed by atoms with van der Waals surface area (Å²) in [5.41, 5.74) is 8.29. The predicted molar refractivity (Wildman–Crippen MR) is 70.7 cm³/mol. The number of hydrogen-bond donors (Lipinski definition) is 3. The Hall–Kier alpha value is -2.43. The average Bonchev–Trinajstić information content (AvgIpc) is 2.35. The number of nitrogens with two attached hydrogens (primary N) is 1. The number of nitrogens with one attached hydrogen (secondary N) is 2. The van der Waals surface area contributed by atoms with Gasteiger partial charge in [0, 0.05) is 11.3 Å². The number of piperazine rings is 1. The highest BCUT2D eigenvalue weighted by molar-refractivity contribution is 6.00. The molecule has 0 bridgehead atoms. The summed E-state index contributed by atoms with van der Waals surface area (Å²) in [6.45, 7) is 4.20. The third kappa shape index (κ3) is 2.29. The number of rotatable bonds is 2. The Kier molecular flexibility index (Phi) is 3.23. The Morgan fingerprint density at radius 3 is 2.94 bits per heavy atom. The van der Waals surface area contributed by atoms with Crippen molar-refractivity contribution in [1.82, 2.24) is 10.6 Å². The zero-order chi connectivity index (χ0) is 13.1. The van der Waals surface area contributed by atoms with Gasteiger partial charge in [-0.25, -0.2) is 0 Å². The average molecular weight is 245 g/mol. The van der Waals surface area contributed by atoms with Gasteiger partial charge in [0.2, 0.25) is 0 Å². The maximum atomic E-state index is 11.7. The van der Waals surface area contributed by atoms with E-state index >= 15 is 0 Å². The van der Waals surface area contributed by atoms with Crippen LogP contribution < -0.4 is 21.1 Å². The highest BCUT2D eigenvalue weighted by Gasteiger charge is 2.16. The lowest BCUT2D eigenvalue weighted by atomic mass is 10.1. The topological polar surface area (TPSA) is 76.4 Å². The molecule has 1 aliphatic heterocycles. The molecule has 0 aromatic heterocycles. The number of benzene rings is 1. The van der Waals surface area contributed by atoms with Crippen LogP contribution in [0.2, 0.25) is 0 Å². The highest BCUT2D eigenvalue weighted by atomic mass is 16.5. The number of nitrogen functional groups attached to an aromatic ring is 1. The molecule has 1 saturated heterocycles. The van der Waals surface area contributed by atoms with E-state index in [0.29, 0.717) is 29.4 Å². The van der Waals surface area contributed by atoms with Crippen molar-refractivity contribution in [2.75, 3.05) is 19.4 Å². The van der Waals surface area contributed by atoms with Crippen LogP contribution in [-0.2, 0) is 4.79 Å². The summed E-state index contributed by atoms with van der Waals surface area (Å²) < 4.78 is 5.13. The van der Waals surface area contributed by atoms with Crippen LogP contribution in [-0.4, -0.2) is 19.6 Å². The quantitative estimate of drug-likeness (QED) is 0.533. The third-order valence-corrected chi connectivity index (χ3v) is 2.65. The van der Waals surface area contributed by atoms with Gasteiger partial charge in [0.1, 0.15) is 11.4 Å². The molecule has 1 fully saturated rings. The fourth-order valence-electron chi connectivity index (χ4n) is 1.69.